The van der Waals surface area contributed by atoms with Crippen LogP contribution in [0, 0.1) is 5.92 Å². The zero-order valence-corrected chi connectivity index (χ0v) is 20.2. The highest BCUT2D eigenvalue weighted by atomic mass is 16.5. The number of nitrogens with zero attached hydrogens (tertiary/aromatic N) is 6. The van der Waals surface area contributed by atoms with Crippen molar-refractivity contribution in [1.29, 1.82) is 0 Å². The third-order valence-corrected chi connectivity index (χ3v) is 5.92. The van der Waals surface area contributed by atoms with Crippen LogP contribution in [-0.4, -0.2) is 106 Å². The molecular weight excluding hydrogens is 412 g/mol. The molecule has 182 valence electrons. The van der Waals surface area contributed by atoms with Gasteiger partial charge >= 0.3 is 0 Å². The predicted molar refractivity (Wildman–Crippen MR) is 121 cm³/mol. The van der Waals surface area contributed by atoms with Crippen LogP contribution in [-0.2, 0) is 27.5 Å². The Labute approximate surface area is 191 Å². The Morgan fingerprint density at radius 3 is 2.81 bits per heavy atom. The van der Waals surface area contributed by atoms with Crippen molar-refractivity contribution >= 4 is 11.8 Å². The summed E-state index contributed by atoms with van der Waals surface area (Å²) in [6.45, 7) is 6.41. The summed E-state index contributed by atoms with van der Waals surface area (Å²) in [4.78, 5) is 31.0. The van der Waals surface area contributed by atoms with E-state index in [1.807, 2.05) is 34.1 Å². The number of ether oxygens (including phenoxy) is 1. The largest absolute Gasteiger partial charge is 0.394 e. The molecular formula is C22H40N6O4. The fraction of sp³-hybridized carbons (Fsp3) is 0.818. The van der Waals surface area contributed by atoms with E-state index in [1.54, 1.807) is 21.5 Å². The molecule has 2 rings (SSSR count). The molecule has 1 aromatic heterocycles. The van der Waals surface area contributed by atoms with Crippen LogP contribution in [0.2, 0.25) is 0 Å². The van der Waals surface area contributed by atoms with Crippen LogP contribution in [0.15, 0.2) is 6.20 Å². The van der Waals surface area contributed by atoms with E-state index in [2.05, 4.69) is 15.2 Å². The average Bonchev–Trinajstić information content (AvgIpc) is 3.20. The number of carbonyl (C=O) groups excluding carboxylic acids is 2. The lowest BCUT2D eigenvalue weighted by Crippen LogP contribution is -2.47. The minimum Gasteiger partial charge on any atom is -0.394 e. The van der Waals surface area contributed by atoms with Crippen LogP contribution in [0.3, 0.4) is 0 Å². The van der Waals surface area contributed by atoms with Gasteiger partial charge in [0.25, 0.3) is 0 Å². The maximum absolute atomic E-state index is 12.9. The molecule has 3 atom stereocenters. The molecule has 1 aromatic rings. The molecule has 0 saturated heterocycles. The van der Waals surface area contributed by atoms with Gasteiger partial charge in [0.05, 0.1) is 31.6 Å². The number of aliphatic hydroxyl groups excluding tert-OH is 1. The van der Waals surface area contributed by atoms with Gasteiger partial charge < -0.3 is 24.5 Å². The van der Waals surface area contributed by atoms with E-state index >= 15 is 0 Å². The van der Waals surface area contributed by atoms with Crippen molar-refractivity contribution < 1.29 is 19.4 Å². The Hall–Kier alpha value is -2.04. The molecule has 32 heavy (non-hydrogen) atoms. The summed E-state index contributed by atoms with van der Waals surface area (Å²) in [6.07, 6.45) is 3.87. The Morgan fingerprint density at radius 2 is 2.12 bits per heavy atom. The Balaban J connectivity index is 2.13. The van der Waals surface area contributed by atoms with Gasteiger partial charge in [0.1, 0.15) is 5.69 Å². The van der Waals surface area contributed by atoms with E-state index in [0.29, 0.717) is 45.5 Å². The van der Waals surface area contributed by atoms with Crippen LogP contribution in [0.1, 0.15) is 45.2 Å². The number of aliphatic hydroxyl groups is 1. The minimum absolute atomic E-state index is 0.00449. The van der Waals surface area contributed by atoms with Crippen molar-refractivity contribution in [3.63, 3.8) is 0 Å². The van der Waals surface area contributed by atoms with Gasteiger partial charge in [-0.25, -0.2) is 0 Å². The quantitative estimate of drug-likeness (QED) is 0.616. The van der Waals surface area contributed by atoms with Crippen LogP contribution in [0.25, 0.3) is 0 Å². The van der Waals surface area contributed by atoms with Crippen LogP contribution in [0.5, 0.6) is 0 Å². The molecule has 0 unspecified atom stereocenters. The number of aryl methyl sites for hydroxylation is 1. The number of hydrogen-bond acceptors (Lipinski definition) is 7. The molecule has 0 spiro atoms. The van der Waals surface area contributed by atoms with E-state index < -0.39 is 0 Å². The minimum atomic E-state index is -0.287. The lowest BCUT2D eigenvalue weighted by atomic mass is 10.0. The first-order valence-corrected chi connectivity index (χ1v) is 11.5. The van der Waals surface area contributed by atoms with E-state index in [-0.39, 0.29) is 36.5 Å². The highest BCUT2D eigenvalue weighted by Gasteiger charge is 2.28. The zero-order chi connectivity index (χ0) is 23.7. The second-order valence-electron chi connectivity index (χ2n) is 9.16. The van der Waals surface area contributed by atoms with Gasteiger partial charge in [-0.05, 0) is 40.4 Å². The fourth-order valence-corrected chi connectivity index (χ4v) is 3.80. The number of carbonyl (C=O) groups is 2. The highest BCUT2D eigenvalue weighted by molar-refractivity contribution is 5.76. The second-order valence-corrected chi connectivity index (χ2v) is 9.16. The van der Waals surface area contributed by atoms with Crippen molar-refractivity contribution in [1.82, 2.24) is 29.7 Å². The molecule has 10 heteroatoms. The van der Waals surface area contributed by atoms with E-state index in [0.717, 1.165) is 18.7 Å². The van der Waals surface area contributed by atoms with Crippen molar-refractivity contribution in [3.8, 4) is 0 Å². The molecule has 1 N–H and O–H groups in total. The number of rotatable bonds is 8. The second kappa shape index (κ2) is 12.9. The van der Waals surface area contributed by atoms with Gasteiger partial charge in [0.2, 0.25) is 11.8 Å². The average molecular weight is 453 g/mol. The smallest absolute Gasteiger partial charge is 0.222 e. The molecule has 10 nitrogen and oxygen atoms in total. The molecule has 1 aliphatic rings. The van der Waals surface area contributed by atoms with Gasteiger partial charge in [0, 0.05) is 45.4 Å². The summed E-state index contributed by atoms with van der Waals surface area (Å²) in [7, 11) is 5.78. The molecule has 2 amide bonds. The third kappa shape index (κ3) is 8.14. The summed E-state index contributed by atoms with van der Waals surface area (Å²) in [5.41, 5.74) is 0.730. The molecule has 0 aromatic carbocycles. The van der Waals surface area contributed by atoms with Crippen molar-refractivity contribution in [2.24, 2.45) is 5.92 Å². The number of aromatic nitrogens is 3. The maximum atomic E-state index is 12.9. The molecule has 0 fully saturated rings. The van der Waals surface area contributed by atoms with E-state index in [4.69, 9.17) is 4.74 Å². The maximum Gasteiger partial charge on any atom is 0.222 e. The van der Waals surface area contributed by atoms with Crippen molar-refractivity contribution in [2.45, 2.75) is 64.8 Å². The first-order valence-electron chi connectivity index (χ1n) is 11.5. The topological polar surface area (TPSA) is 104 Å². The molecule has 1 aliphatic heterocycles. The standard InChI is InChI=1S/C22H40N6O4/c1-17-12-28(18(2)15-29)22(31)9-7-11-27-13-19(23-24-27)16-32-20(17)14-26(5)21(30)8-6-10-25(3)4/h13,17-18,20,29H,6-12,14-16H2,1-5H3/t17-,18+,20-/m0/s1. The van der Waals surface area contributed by atoms with Gasteiger partial charge in [-0.15, -0.1) is 5.10 Å². The molecule has 2 bridgehead atoms. The summed E-state index contributed by atoms with van der Waals surface area (Å²) in [5.74, 6) is 0.0406. The SMILES string of the molecule is C[C@H](CO)N1C[C@H](C)[C@H](CN(C)C(=O)CCCN(C)C)OCc2cn(nn2)CCCC1=O. The molecule has 2 heterocycles. The fourth-order valence-electron chi connectivity index (χ4n) is 3.80. The molecule has 0 radical (unpaired) electrons. The highest BCUT2D eigenvalue weighted by Crippen LogP contribution is 2.18. The van der Waals surface area contributed by atoms with Gasteiger partial charge in [-0.2, -0.15) is 0 Å². The van der Waals surface area contributed by atoms with Gasteiger partial charge in [-0.1, -0.05) is 12.1 Å². The Kier molecular flexibility index (Phi) is 10.5. The Morgan fingerprint density at radius 1 is 1.38 bits per heavy atom. The van der Waals surface area contributed by atoms with Crippen LogP contribution >= 0.6 is 0 Å². The number of fused-ring (bicyclic) bond motifs is 2. The summed E-state index contributed by atoms with van der Waals surface area (Å²) in [5, 5.41) is 18.0. The lowest BCUT2D eigenvalue weighted by Gasteiger charge is -2.35. The summed E-state index contributed by atoms with van der Waals surface area (Å²) >= 11 is 0. The van der Waals surface area contributed by atoms with E-state index in [9.17, 15) is 14.7 Å². The normalized spacial score (nSPS) is 21.6. The van der Waals surface area contributed by atoms with Crippen molar-refractivity contribution in [3.05, 3.63) is 11.9 Å². The Bertz CT molecular complexity index is 725. The number of likely N-dealkylation sites (N-methyl/N-ethyl adjacent to an activating group) is 1. The number of hydrogen-bond donors (Lipinski definition) is 1. The lowest BCUT2D eigenvalue weighted by molar-refractivity contribution is -0.138. The van der Waals surface area contributed by atoms with E-state index in [1.165, 1.54) is 0 Å². The van der Waals surface area contributed by atoms with Crippen molar-refractivity contribution in [2.75, 3.05) is 47.4 Å². The van der Waals surface area contributed by atoms with Gasteiger partial charge in [-0.3, -0.25) is 14.3 Å². The van der Waals surface area contributed by atoms with Gasteiger partial charge in [0.15, 0.2) is 0 Å². The number of amides is 2. The molecule has 0 saturated carbocycles. The predicted octanol–water partition coefficient (Wildman–Crippen LogP) is 0.603. The summed E-state index contributed by atoms with van der Waals surface area (Å²) in [6, 6.07) is -0.279. The monoisotopic (exact) mass is 452 g/mol. The third-order valence-electron chi connectivity index (χ3n) is 5.92. The zero-order valence-electron chi connectivity index (χ0n) is 20.2. The first kappa shape index (κ1) is 26.2. The first-order chi connectivity index (χ1) is 15.2. The van der Waals surface area contributed by atoms with Crippen LogP contribution < -0.4 is 0 Å². The van der Waals surface area contributed by atoms with Crippen LogP contribution in [0.4, 0.5) is 0 Å². The molecule has 0 aliphatic carbocycles. The summed E-state index contributed by atoms with van der Waals surface area (Å²) < 4.78 is 7.93.